The highest BCUT2D eigenvalue weighted by molar-refractivity contribution is 6.11. The van der Waals surface area contributed by atoms with Gasteiger partial charge >= 0.3 is 0 Å². The number of anilines is 2. The second-order valence-corrected chi connectivity index (χ2v) is 13.2. The van der Waals surface area contributed by atoms with Crippen LogP contribution in [0.3, 0.4) is 0 Å². The van der Waals surface area contributed by atoms with Gasteiger partial charge in [-0.05, 0) is 93.9 Å². The van der Waals surface area contributed by atoms with Gasteiger partial charge in [0.2, 0.25) is 0 Å². The standard InChI is InChI=1S/C46H34N2/c1-3-12-31(13-4-1)32-22-24-35(25-23-32)47-43-20-9-7-17-39(43)41-30-46-42(29-45(41)47)40-18-8-10-21-44(40)48(46)36-26-27-38-34(28-36)16-11-19-37(38)33-14-5-2-6-15-33/h1,3-5,7-30,40,44H,2,6H2. The first-order chi connectivity index (χ1) is 23.8. The van der Waals surface area contributed by atoms with E-state index in [0.29, 0.717) is 0 Å². The third-order valence-corrected chi connectivity index (χ3v) is 10.5. The van der Waals surface area contributed by atoms with Gasteiger partial charge in [0.05, 0.1) is 17.1 Å². The molecule has 0 saturated carbocycles. The van der Waals surface area contributed by atoms with Crippen LogP contribution in [0, 0.1) is 0 Å². The van der Waals surface area contributed by atoms with Crippen LogP contribution in [0.4, 0.5) is 11.4 Å². The molecular formula is C46H34N2. The first-order valence-electron chi connectivity index (χ1n) is 17.1. The molecule has 2 heterocycles. The minimum Gasteiger partial charge on any atom is -0.333 e. The average Bonchev–Trinajstić information content (AvgIpc) is 3.66. The molecule has 228 valence electrons. The summed E-state index contributed by atoms with van der Waals surface area (Å²) in [6, 6.07) is 47.5. The average molecular weight is 615 g/mol. The molecule has 7 aromatic rings. The van der Waals surface area contributed by atoms with Crippen molar-refractivity contribution in [2.45, 2.75) is 24.8 Å². The molecule has 2 atom stereocenters. The predicted octanol–water partition coefficient (Wildman–Crippen LogP) is 12.1. The number of aromatic nitrogens is 1. The normalized spacial score (nSPS) is 18.1. The van der Waals surface area contributed by atoms with Gasteiger partial charge in [-0.25, -0.2) is 0 Å². The lowest BCUT2D eigenvalue weighted by Crippen LogP contribution is -2.28. The molecule has 0 fully saturated rings. The zero-order valence-electron chi connectivity index (χ0n) is 26.6. The van der Waals surface area contributed by atoms with Gasteiger partial charge < -0.3 is 9.47 Å². The van der Waals surface area contributed by atoms with Crippen molar-refractivity contribution in [2.24, 2.45) is 0 Å². The van der Waals surface area contributed by atoms with Gasteiger partial charge in [0.15, 0.2) is 0 Å². The number of benzene rings is 6. The highest BCUT2D eigenvalue weighted by Crippen LogP contribution is 2.51. The zero-order valence-corrected chi connectivity index (χ0v) is 26.6. The van der Waals surface area contributed by atoms with Crippen molar-refractivity contribution in [1.82, 2.24) is 4.57 Å². The summed E-state index contributed by atoms with van der Waals surface area (Å²) in [7, 11) is 0. The molecule has 2 unspecified atom stereocenters. The van der Waals surface area contributed by atoms with Crippen molar-refractivity contribution in [2.75, 3.05) is 4.90 Å². The summed E-state index contributed by atoms with van der Waals surface area (Å²) in [5.74, 6) is 0.279. The van der Waals surface area contributed by atoms with E-state index in [0.717, 1.165) is 12.8 Å². The summed E-state index contributed by atoms with van der Waals surface area (Å²) in [6.07, 6.45) is 18.4. The summed E-state index contributed by atoms with van der Waals surface area (Å²) < 4.78 is 2.45. The Morgan fingerprint density at radius 1 is 0.562 bits per heavy atom. The Hall–Kier alpha value is -5.86. The van der Waals surface area contributed by atoms with E-state index in [9.17, 15) is 0 Å². The van der Waals surface area contributed by atoms with Crippen molar-refractivity contribution >= 4 is 49.5 Å². The molecule has 0 N–H and O–H groups in total. The lowest BCUT2D eigenvalue weighted by molar-refractivity contribution is 0.745. The van der Waals surface area contributed by atoms with Gasteiger partial charge in [-0.1, -0.05) is 127 Å². The summed E-state index contributed by atoms with van der Waals surface area (Å²) in [6.45, 7) is 0. The van der Waals surface area contributed by atoms with E-state index in [1.54, 1.807) is 0 Å². The molecule has 2 heteroatoms. The maximum Gasteiger partial charge on any atom is 0.0629 e. The van der Waals surface area contributed by atoms with Crippen molar-refractivity contribution in [1.29, 1.82) is 0 Å². The van der Waals surface area contributed by atoms with Crippen LogP contribution in [-0.2, 0) is 0 Å². The molecule has 6 aromatic carbocycles. The highest BCUT2D eigenvalue weighted by Gasteiger charge is 2.38. The minimum atomic E-state index is 0.228. The molecule has 0 radical (unpaired) electrons. The van der Waals surface area contributed by atoms with Crippen LogP contribution in [0.15, 0.2) is 170 Å². The molecule has 0 bridgehead atoms. The number of para-hydroxylation sites is 1. The minimum absolute atomic E-state index is 0.228. The number of fused-ring (bicyclic) bond motifs is 7. The van der Waals surface area contributed by atoms with Gasteiger partial charge in [-0.2, -0.15) is 0 Å². The van der Waals surface area contributed by atoms with E-state index >= 15 is 0 Å². The van der Waals surface area contributed by atoms with E-state index in [-0.39, 0.29) is 12.0 Å². The summed E-state index contributed by atoms with van der Waals surface area (Å²) in [5, 5.41) is 5.15. The summed E-state index contributed by atoms with van der Waals surface area (Å²) in [5.41, 5.74) is 12.7. The molecule has 10 rings (SSSR count). The molecule has 3 aliphatic rings. The Morgan fingerprint density at radius 2 is 1.38 bits per heavy atom. The van der Waals surface area contributed by atoms with E-state index < -0.39 is 0 Å². The predicted molar refractivity (Wildman–Crippen MR) is 203 cm³/mol. The van der Waals surface area contributed by atoms with E-state index in [4.69, 9.17) is 0 Å². The molecule has 48 heavy (non-hydrogen) atoms. The monoisotopic (exact) mass is 614 g/mol. The maximum atomic E-state index is 2.58. The molecule has 2 nitrogen and oxygen atoms in total. The van der Waals surface area contributed by atoms with Gasteiger partial charge in [0.1, 0.15) is 0 Å². The fourth-order valence-corrected chi connectivity index (χ4v) is 8.29. The zero-order chi connectivity index (χ0) is 31.6. The van der Waals surface area contributed by atoms with Crippen molar-refractivity contribution < 1.29 is 0 Å². The van der Waals surface area contributed by atoms with E-state index in [1.165, 1.54) is 77.5 Å². The molecular weight excluding hydrogens is 581 g/mol. The number of hydrogen-bond acceptors (Lipinski definition) is 1. The first kappa shape index (κ1) is 27.3. The van der Waals surface area contributed by atoms with E-state index in [1.807, 2.05) is 0 Å². The smallest absolute Gasteiger partial charge is 0.0629 e. The second-order valence-electron chi connectivity index (χ2n) is 13.2. The van der Waals surface area contributed by atoms with Crippen molar-refractivity contribution in [3.05, 3.63) is 181 Å². The topological polar surface area (TPSA) is 8.17 Å². The van der Waals surface area contributed by atoms with Crippen LogP contribution >= 0.6 is 0 Å². The fraction of sp³-hybridized carbons (Fsp3) is 0.0870. The van der Waals surface area contributed by atoms with Crippen LogP contribution in [-0.4, -0.2) is 10.6 Å². The van der Waals surface area contributed by atoms with Crippen LogP contribution in [0.5, 0.6) is 0 Å². The second kappa shape index (κ2) is 10.9. The Balaban J connectivity index is 1.14. The molecule has 0 saturated heterocycles. The summed E-state index contributed by atoms with van der Waals surface area (Å²) in [4.78, 5) is 2.58. The number of hydrogen-bond donors (Lipinski definition) is 0. The lowest BCUT2D eigenvalue weighted by atomic mass is 9.91. The van der Waals surface area contributed by atoms with Crippen LogP contribution < -0.4 is 4.90 Å². The Morgan fingerprint density at radius 3 is 2.25 bits per heavy atom. The number of nitrogens with zero attached hydrogens (tertiary/aromatic N) is 2. The van der Waals surface area contributed by atoms with Crippen LogP contribution in [0.1, 0.15) is 29.9 Å². The molecule has 0 amide bonds. The Labute approximate surface area is 280 Å². The van der Waals surface area contributed by atoms with Gasteiger partial charge in [0.25, 0.3) is 0 Å². The lowest BCUT2D eigenvalue weighted by Gasteiger charge is -2.29. The molecule has 0 spiro atoms. The van der Waals surface area contributed by atoms with Gasteiger partial charge in [-0.3, -0.25) is 0 Å². The highest BCUT2D eigenvalue weighted by atomic mass is 15.2. The van der Waals surface area contributed by atoms with Gasteiger partial charge in [-0.15, -0.1) is 0 Å². The Kier molecular flexibility index (Phi) is 6.17. The fourth-order valence-electron chi connectivity index (χ4n) is 8.29. The third kappa shape index (κ3) is 4.19. The van der Waals surface area contributed by atoms with E-state index in [2.05, 4.69) is 179 Å². The number of rotatable bonds is 4. The summed E-state index contributed by atoms with van der Waals surface area (Å²) >= 11 is 0. The van der Waals surface area contributed by atoms with Crippen molar-refractivity contribution in [3.8, 4) is 16.8 Å². The maximum absolute atomic E-state index is 2.58. The quantitative estimate of drug-likeness (QED) is 0.191. The van der Waals surface area contributed by atoms with Crippen LogP contribution in [0.25, 0.3) is 55.0 Å². The number of allylic oxidation sites excluding steroid dienone is 6. The molecule has 1 aliphatic heterocycles. The van der Waals surface area contributed by atoms with Crippen LogP contribution in [0.2, 0.25) is 0 Å². The SMILES string of the molecule is C1=CC2c3cc4c(cc3N(c3ccc5c(C6=CCCC=C6)cccc5c3)C2C=C1)c1ccccc1n4-c1ccc(-c2ccccc2)cc1. The largest absolute Gasteiger partial charge is 0.333 e. The molecule has 2 aliphatic carbocycles. The first-order valence-corrected chi connectivity index (χ1v) is 17.1. The Bertz CT molecular complexity index is 2510. The van der Waals surface area contributed by atoms with Crippen molar-refractivity contribution in [3.63, 3.8) is 0 Å². The van der Waals surface area contributed by atoms with Gasteiger partial charge in [0, 0.05) is 33.8 Å². The molecule has 1 aromatic heterocycles. The third-order valence-electron chi connectivity index (χ3n) is 10.5.